The van der Waals surface area contributed by atoms with Crippen LogP contribution in [-0.4, -0.2) is 17.7 Å². The molecule has 0 saturated carbocycles. The molecular weight excluding hydrogens is 220 g/mol. The molecule has 0 saturated heterocycles. The highest BCUT2D eigenvalue weighted by Crippen LogP contribution is 2.16. The zero-order valence-electron chi connectivity index (χ0n) is 9.13. The molecule has 0 unspecified atom stereocenters. The second-order valence-corrected chi connectivity index (χ2v) is 3.51. The van der Waals surface area contributed by atoms with Crippen molar-refractivity contribution >= 4 is 5.97 Å². The lowest BCUT2D eigenvalue weighted by atomic mass is 10.2. The number of aromatic carboxylic acids is 1. The fraction of sp³-hybridized carbons (Fsp3) is 0.154. The second-order valence-electron chi connectivity index (χ2n) is 3.51. The Morgan fingerprint density at radius 3 is 2.59 bits per heavy atom. The number of carbonyl (C=O) groups is 1. The molecule has 17 heavy (non-hydrogen) atoms. The van der Waals surface area contributed by atoms with Crippen molar-refractivity contribution in [1.29, 1.82) is 0 Å². The van der Waals surface area contributed by atoms with Gasteiger partial charge < -0.3 is 14.3 Å². The predicted octanol–water partition coefficient (Wildman–Crippen LogP) is 2.60. The van der Waals surface area contributed by atoms with E-state index in [2.05, 4.69) is 0 Å². The third kappa shape index (κ3) is 3.11. The Bertz CT molecular complexity index is 487. The number of carboxylic acid groups (broad SMARTS) is 1. The minimum absolute atomic E-state index is 0.111. The van der Waals surface area contributed by atoms with Gasteiger partial charge in [-0.05, 0) is 11.6 Å². The van der Waals surface area contributed by atoms with Gasteiger partial charge in [0.1, 0.15) is 0 Å². The molecule has 1 aromatic heterocycles. The zero-order chi connectivity index (χ0) is 12.1. The lowest BCUT2D eigenvalue weighted by Crippen LogP contribution is -2.00. The van der Waals surface area contributed by atoms with E-state index in [1.807, 2.05) is 30.3 Å². The first-order valence-electron chi connectivity index (χ1n) is 5.25. The molecule has 1 N–H and O–H groups in total. The van der Waals surface area contributed by atoms with Crippen LogP contribution in [0.2, 0.25) is 0 Å². The van der Waals surface area contributed by atoms with Crippen LogP contribution in [0, 0.1) is 0 Å². The van der Waals surface area contributed by atoms with Gasteiger partial charge in [0.2, 0.25) is 5.76 Å². The molecule has 0 atom stereocenters. The monoisotopic (exact) mass is 232 g/mol. The number of carboxylic acids is 1. The Hall–Kier alpha value is -2.23. The summed E-state index contributed by atoms with van der Waals surface area (Å²) in [7, 11) is 0. The Morgan fingerprint density at radius 2 is 1.94 bits per heavy atom. The topological polar surface area (TPSA) is 59.7 Å². The van der Waals surface area contributed by atoms with Crippen LogP contribution in [0.1, 0.15) is 16.1 Å². The van der Waals surface area contributed by atoms with Crippen molar-refractivity contribution < 1.29 is 19.1 Å². The molecule has 0 fully saturated rings. The van der Waals surface area contributed by atoms with Gasteiger partial charge in [-0.3, -0.25) is 0 Å². The lowest BCUT2D eigenvalue weighted by molar-refractivity contribution is 0.0653. The van der Waals surface area contributed by atoms with Gasteiger partial charge in [0, 0.05) is 12.5 Å². The maximum absolute atomic E-state index is 10.6. The minimum atomic E-state index is -1.09. The van der Waals surface area contributed by atoms with E-state index in [1.54, 1.807) is 0 Å². The number of rotatable bonds is 5. The first-order chi connectivity index (χ1) is 8.25. The van der Waals surface area contributed by atoms with Crippen LogP contribution in [0.5, 0.6) is 5.95 Å². The van der Waals surface area contributed by atoms with Crippen LogP contribution in [0.3, 0.4) is 0 Å². The maximum Gasteiger partial charge on any atom is 0.371 e. The lowest BCUT2D eigenvalue weighted by Gasteiger charge is -2.02. The summed E-state index contributed by atoms with van der Waals surface area (Å²) in [5.74, 6) is -0.971. The Kier molecular flexibility index (Phi) is 3.45. The van der Waals surface area contributed by atoms with Gasteiger partial charge in [0.15, 0.2) is 0 Å². The standard InChI is InChI=1S/C13H12O4/c14-13(15)11-6-7-12(17-11)16-9-8-10-4-2-1-3-5-10/h1-7H,8-9H2,(H,14,15). The van der Waals surface area contributed by atoms with Gasteiger partial charge in [0.05, 0.1) is 6.61 Å². The van der Waals surface area contributed by atoms with Gasteiger partial charge in [-0.15, -0.1) is 0 Å². The summed E-state index contributed by atoms with van der Waals surface area (Å²) >= 11 is 0. The van der Waals surface area contributed by atoms with Crippen LogP contribution in [0.15, 0.2) is 46.9 Å². The number of furan rings is 1. The Labute approximate surface area is 98.4 Å². The van der Waals surface area contributed by atoms with E-state index >= 15 is 0 Å². The third-order valence-corrected chi connectivity index (χ3v) is 2.27. The van der Waals surface area contributed by atoms with Gasteiger partial charge in [-0.25, -0.2) is 4.79 Å². The summed E-state index contributed by atoms with van der Waals surface area (Å²) in [5.41, 5.74) is 1.16. The van der Waals surface area contributed by atoms with E-state index < -0.39 is 5.97 Å². The highest BCUT2D eigenvalue weighted by atomic mass is 16.6. The van der Waals surface area contributed by atoms with Gasteiger partial charge in [-0.1, -0.05) is 30.3 Å². The highest BCUT2D eigenvalue weighted by Gasteiger charge is 2.09. The fourth-order valence-corrected chi connectivity index (χ4v) is 1.43. The average molecular weight is 232 g/mol. The molecule has 0 aliphatic rings. The summed E-state index contributed by atoms with van der Waals surface area (Å²) in [6.45, 7) is 0.455. The predicted molar refractivity (Wildman–Crippen MR) is 61.3 cm³/mol. The number of hydrogen-bond acceptors (Lipinski definition) is 3. The Balaban J connectivity index is 1.84. The largest absolute Gasteiger partial charge is 0.475 e. The summed E-state index contributed by atoms with van der Waals surface area (Å²) in [4.78, 5) is 10.6. The average Bonchev–Trinajstić information content (AvgIpc) is 2.79. The molecule has 2 aromatic rings. The van der Waals surface area contributed by atoms with Gasteiger partial charge in [-0.2, -0.15) is 0 Å². The van der Waals surface area contributed by atoms with Crippen LogP contribution < -0.4 is 4.74 Å². The van der Waals surface area contributed by atoms with Crippen molar-refractivity contribution in [3.05, 3.63) is 53.8 Å². The smallest absolute Gasteiger partial charge is 0.371 e. The highest BCUT2D eigenvalue weighted by molar-refractivity contribution is 5.84. The van der Waals surface area contributed by atoms with Crippen molar-refractivity contribution in [3.63, 3.8) is 0 Å². The van der Waals surface area contributed by atoms with Crippen molar-refractivity contribution in [2.24, 2.45) is 0 Å². The molecular formula is C13H12O4. The number of hydrogen-bond donors (Lipinski definition) is 1. The van der Waals surface area contributed by atoms with Crippen molar-refractivity contribution in [1.82, 2.24) is 0 Å². The molecule has 0 aliphatic heterocycles. The van der Waals surface area contributed by atoms with Crippen LogP contribution in [-0.2, 0) is 6.42 Å². The number of ether oxygens (including phenoxy) is 1. The third-order valence-electron chi connectivity index (χ3n) is 2.27. The molecule has 4 heteroatoms. The summed E-state index contributed by atoms with van der Waals surface area (Å²) in [6, 6.07) is 12.8. The first kappa shape index (κ1) is 11.3. The normalized spacial score (nSPS) is 10.1. The van der Waals surface area contributed by atoms with Crippen molar-refractivity contribution in [3.8, 4) is 5.95 Å². The van der Waals surface area contributed by atoms with Gasteiger partial charge >= 0.3 is 5.97 Å². The summed E-state index contributed by atoms with van der Waals surface area (Å²) in [6.07, 6.45) is 0.754. The Morgan fingerprint density at radius 1 is 1.18 bits per heavy atom. The maximum atomic E-state index is 10.6. The van der Waals surface area contributed by atoms with E-state index in [4.69, 9.17) is 14.3 Å². The molecule has 0 radical (unpaired) electrons. The fourth-order valence-electron chi connectivity index (χ4n) is 1.43. The molecule has 0 aliphatic carbocycles. The van der Waals surface area contributed by atoms with Crippen LogP contribution >= 0.6 is 0 Å². The molecule has 0 spiro atoms. The zero-order valence-corrected chi connectivity index (χ0v) is 9.13. The van der Waals surface area contributed by atoms with Gasteiger partial charge in [0.25, 0.3) is 5.95 Å². The molecule has 0 bridgehead atoms. The SMILES string of the molecule is O=C(O)c1ccc(OCCc2ccccc2)o1. The molecule has 4 nitrogen and oxygen atoms in total. The first-order valence-corrected chi connectivity index (χ1v) is 5.25. The summed E-state index contributed by atoms with van der Waals surface area (Å²) < 4.78 is 10.3. The minimum Gasteiger partial charge on any atom is -0.475 e. The quantitative estimate of drug-likeness (QED) is 0.860. The molecule has 0 amide bonds. The van der Waals surface area contributed by atoms with Crippen LogP contribution in [0.4, 0.5) is 0 Å². The van der Waals surface area contributed by atoms with Crippen LogP contribution in [0.25, 0.3) is 0 Å². The summed E-state index contributed by atoms with van der Waals surface area (Å²) in [5, 5.41) is 8.65. The number of benzene rings is 1. The van der Waals surface area contributed by atoms with Crippen molar-refractivity contribution in [2.75, 3.05) is 6.61 Å². The second kappa shape index (κ2) is 5.21. The van der Waals surface area contributed by atoms with Crippen molar-refractivity contribution in [2.45, 2.75) is 6.42 Å². The molecule has 1 heterocycles. The molecule has 2 rings (SSSR count). The molecule has 1 aromatic carbocycles. The van der Waals surface area contributed by atoms with E-state index in [0.717, 1.165) is 12.0 Å². The van der Waals surface area contributed by atoms with E-state index in [-0.39, 0.29) is 11.7 Å². The van der Waals surface area contributed by atoms with E-state index in [9.17, 15) is 4.79 Å². The van der Waals surface area contributed by atoms with E-state index in [0.29, 0.717) is 6.61 Å². The molecule has 88 valence electrons. The van der Waals surface area contributed by atoms with E-state index in [1.165, 1.54) is 12.1 Å².